The molecule has 1 aromatic carbocycles. The van der Waals surface area contributed by atoms with Gasteiger partial charge in [-0.2, -0.15) is 13.2 Å². The smallest absolute Gasteiger partial charge is 0.391 e. The van der Waals surface area contributed by atoms with E-state index in [1.165, 1.54) is 0 Å². The van der Waals surface area contributed by atoms with Crippen LogP contribution in [0.15, 0.2) is 30.3 Å². The van der Waals surface area contributed by atoms with Crippen molar-refractivity contribution in [2.24, 2.45) is 0 Å². The molecule has 6 heteroatoms. The molecule has 1 unspecified atom stereocenters. The Kier molecular flexibility index (Phi) is 5.15. The zero-order chi connectivity index (χ0) is 13.6. The molecule has 0 spiro atoms. The Morgan fingerprint density at radius 1 is 1.33 bits per heavy atom. The van der Waals surface area contributed by atoms with Crippen LogP contribution in [0.4, 0.5) is 13.2 Å². The van der Waals surface area contributed by atoms with E-state index in [1.807, 2.05) is 0 Å². The van der Waals surface area contributed by atoms with E-state index in [0.717, 1.165) is 12.7 Å². The van der Waals surface area contributed by atoms with Gasteiger partial charge in [-0.25, -0.2) is 0 Å². The Bertz CT molecular complexity index is 379. The van der Waals surface area contributed by atoms with Crippen LogP contribution in [0.25, 0.3) is 0 Å². The van der Waals surface area contributed by atoms with Crippen molar-refractivity contribution in [1.29, 1.82) is 0 Å². The molecule has 1 aromatic rings. The van der Waals surface area contributed by atoms with Gasteiger partial charge in [-0.1, -0.05) is 30.3 Å². The lowest BCUT2D eigenvalue weighted by molar-refractivity contribution is -0.160. The van der Waals surface area contributed by atoms with E-state index in [0.29, 0.717) is 0 Å². The molecule has 0 fully saturated rings. The minimum atomic E-state index is -4.41. The summed E-state index contributed by atoms with van der Waals surface area (Å²) in [7, 11) is 1.07. The van der Waals surface area contributed by atoms with E-state index in [4.69, 9.17) is 0 Å². The van der Waals surface area contributed by atoms with Crippen LogP contribution in [-0.4, -0.2) is 25.3 Å². The van der Waals surface area contributed by atoms with Gasteiger partial charge in [0, 0.05) is 6.54 Å². The number of hydrogen-bond donors (Lipinski definition) is 1. The van der Waals surface area contributed by atoms with E-state index in [1.54, 1.807) is 30.3 Å². The molecule has 0 aromatic heterocycles. The quantitative estimate of drug-likeness (QED) is 0.826. The molecule has 1 N–H and O–H groups in total. The number of hydrogen-bond acceptors (Lipinski definition) is 3. The van der Waals surface area contributed by atoms with Crippen LogP contribution < -0.4 is 5.32 Å². The second-order valence-corrected chi connectivity index (χ2v) is 3.76. The van der Waals surface area contributed by atoms with Crippen LogP contribution in [0.1, 0.15) is 12.0 Å². The maximum Gasteiger partial charge on any atom is 0.391 e. The monoisotopic (exact) mass is 261 g/mol. The van der Waals surface area contributed by atoms with Crippen molar-refractivity contribution >= 4 is 5.97 Å². The Labute approximate surface area is 103 Å². The lowest BCUT2D eigenvalue weighted by atomic mass is 10.1. The van der Waals surface area contributed by atoms with Crippen molar-refractivity contribution in [3.05, 3.63) is 35.9 Å². The van der Waals surface area contributed by atoms with Gasteiger partial charge in [0.25, 0.3) is 0 Å². The molecular weight excluding hydrogens is 247 g/mol. The first kappa shape index (κ1) is 14.5. The van der Waals surface area contributed by atoms with Crippen LogP contribution in [-0.2, 0) is 16.1 Å². The Morgan fingerprint density at radius 2 is 1.94 bits per heavy atom. The summed E-state index contributed by atoms with van der Waals surface area (Å²) in [5.74, 6) is -0.914. The van der Waals surface area contributed by atoms with Crippen LogP contribution in [0, 0.1) is 0 Å². The van der Waals surface area contributed by atoms with Gasteiger partial charge in [0.2, 0.25) is 0 Å². The summed E-state index contributed by atoms with van der Waals surface area (Å²) in [5.41, 5.74) is 0.800. The topological polar surface area (TPSA) is 38.3 Å². The Hall–Kier alpha value is -1.56. The highest BCUT2D eigenvalue weighted by Crippen LogP contribution is 2.22. The molecule has 0 amide bonds. The summed E-state index contributed by atoms with van der Waals surface area (Å²) in [4.78, 5) is 11.2. The summed E-state index contributed by atoms with van der Waals surface area (Å²) in [6, 6.07) is 7.48. The third-order valence-electron chi connectivity index (χ3n) is 2.32. The molecule has 0 radical (unpaired) electrons. The van der Waals surface area contributed by atoms with Crippen molar-refractivity contribution in [3.8, 4) is 0 Å². The van der Waals surface area contributed by atoms with Gasteiger partial charge in [-0.3, -0.25) is 4.79 Å². The molecule has 1 rings (SSSR count). The molecule has 0 saturated carbocycles. The summed E-state index contributed by atoms with van der Waals surface area (Å²) < 4.78 is 41.2. The molecular formula is C12H14F3NO2. The van der Waals surface area contributed by atoms with E-state index >= 15 is 0 Å². The number of methoxy groups -OCH3 is 1. The van der Waals surface area contributed by atoms with E-state index in [-0.39, 0.29) is 6.54 Å². The molecule has 3 nitrogen and oxygen atoms in total. The molecule has 0 heterocycles. The average Bonchev–Trinajstić information content (AvgIpc) is 2.33. The van der Waals surface area contributed by atoms with Gasteiger partial charge in [-0.15, -0.1) is 0 Å². The van der Waals surface area contributed by atoms with Crippen molar-refractivity contribution in [3.63, 3.8) is 0 Å². The first-order chi connectivity index (χ1) is 8.42. The SMILES string of the molecule is COC(=O)C(CC(F)(F)F)NCc1ccccc1. The molecule has 0 aliphatic carbocycles. The normalized spacial score (nSPS) is 13.1. The molecule has 0 aliphatic heterocycles. The molecule has 100 valence electrons. The molecule has 1 atom stereocenters. The molecule has 0 bridgehead atoms. The number of esters is 1. The molecule has 18 heavy (non-hydrogen) atoms. The second-order valence-electron chi connectivity index (χ2n) is 3.76. The van der Waals surface area contributed by atoms with Gasteiger partial charge in [0.1, 0.15) is 6.04 Å². The number of alkyl halides is 3. The zero-order valence-corrected chi connectivity index (χ0v) is 9.83. The number of benzene rings is 1. The summed E-state index contributed by atoms with van der Waals surface area (Å²) >= 11 is 0. The van der Waals surface area contributed by atoms with Crippen molar-refractivity contribution in [2.75, 3.05) is 7.11 Å². The fourth-order valence-corrected chi connectivity index (χ4v) is 1.45. The zero-order valence-electron chi connectivity index (χ0n) is 9.83. The third-order valence-corrected chi connectivity index (χ3v) is 2.32. The lowest BCUT2D eigenvalue weighted by Crippen LogP contribution is -2.40. The average molecular weight is 261 g/mol. The summed E-state index contributed by atoms with van der Waals surface area (Å²) in [6.07, 6.45) is -5.66. The van der Waals surface area contributed by atoms with E-state index in [9.17, 15) is 18.0 Å². The maximum atomic E-state index is 12.3. The van der Waals surface area contributed by atoms with Crippen LogP contribution in [0.2, 0.25) is 0 Å². The number of carbonyl (C=O) groups is 1. The van der Waals surface area contributed by atoms with Gasteiger partial charge >= 0.3 is 12.1 Å². The number of halogens is 3. The highest BCUT2D eigenvalue weighted by atomic mass is 19.4. The third kappa shape index (κ3) is 5.18. The molecule has 0 aliphatic rings. The van der Waals surface area contributed by atoms with Crippen molar-refractivity contribution in [1.82, 2.24) is 5.32 Å². The van der Waals surface area contributed by atoms with E-state index in [2.05, 4.69) is 10.1 Å². The fraction of sp³-hybridized carbons (Fsp3) is 0.417. The highest BCUT2D eigenvalue weighted by molar-refractivity contribution is 5.75. The van der Waals surface area contributed by atoms with Gasteiger partial charge in [-0.05, 0) is 5.56 Å². The second kappa shape index (κ2) is 6.39. The first-order valence-electron chi connectivity index (χ1n) is 5.34. The maximum absolute atomic E-state index is 12.3. The van der Waals surface area contributed by atoms with Crippen LogP contribution in [0.3, 0.4) is 0 Å². The van der Waals surface area contributed by atoms with Crippen molar-refractivity contribution < 1.29 is 22.7 Å². The standard InChI is InChI=1S/C12H14F3NO2/c1-18-11(17)10(7-12(13,14)15)16-8-9-5-3-2-4-6-9/h2-6,10,16H,7-8H2,1H3. The highest BCUT2D eigenvalue weighted by Gasteiger charge is 2.35. The lowest BCUT2D eigenvalue weighted by Gasteiger charge is -2.18. The Morgan fingerprint density at radius 3 is 2.44 bits per heavy atom. The van der Waals surface area contributed by atoms with Gasteiger partial charge < -0.3 is 10.1 Å². The summed E-state index contributed by atoms with van der Waals surface area (Å²) in [6.45, 7) is 0.177. The number of carbonyl (C=O) groups excluding carboxylic acids is 1. The molecule has 0 saturated heterocycles. The van der Waals surface area contributed by atoms with Gasteiger partial charge in [0.05, 0.1) is 13.5 Å². The number of nitrogens with one attached hydrogen (secondary N) is 1. The van der Waals surface area contributed by atoms with Crippen LogP contribution >= 0.6 is 0 Å². The fourth-order valence-electron chi connectivity index (χ4n) is 1.45. The largest absolute Gasteiger partial charge is 0.468 e. The number of rotatable bonds is 5. The summed E-state index contributed by atoms with van der Waals surface area (Å²) in [5, 5.41) is 2.55. The minimum absolute atomic E-state index is 0.177. The van der Waals surface area contributed by atoms with Crippen molar-refractivity contribution in [2.45, 2.75) is 25.2 Å². The number of ether oxygens (including phenoxy) is 1. The predicted octanol–water partition coefficient (Wildman–Crippen LogP) is 2.27. The Balaban J connectivity index is 2.59. The van der Waals surface area contributed by atoms with Crippen LogP contribution in [0.5, 0.6) is 0 Å². The minimum Gasteiger partial charge on any atom is -0.468 e. The van der Waals surface area contributed by atoms with Gasteiger partial charge in [0.15, 0.2) is 0 Å². The predicted molar refractivity (Wildman–Crippen MR) is 59.8 cm³/mol. The first-order valence-corrected chi connectivity index (χ1v) is 5.34. The van der Waals surface area contributed by atoms with E-state index < -0.39 is 24.6 Å².